The van der Waals surface area contributed by atoms with Crippen LogP contribution in [0.25, 0.3) is 0 Å². The fourth-order valence-corrected chi connectivity index (χ4v) is 2.03. The molecule has 1 aromatic rings. The molecule has 0 spiro atoms. The van der Waals surface area contributed by atoms with Crippen molar-refractivity contribution in [2.24, 2.45) is 5.41 Å². The first-order valence-corrected chi connectivity index (χ1v) is 6.76. The van der Waals surface area contributed by atoms with Gasteiger partial charge in [-0.25, -0.2) is 4.39 Å². The minimum absolute atomic E-state index is 0.0705. The topological polar surface area (TPSA) is 20.3 Å². The molecule has 0 N–H and O–H groups in total. The van der Waals surface area contributed by atoms with Crippen LogP contribution in [0.5, 0.6) is 0 Å². The number of hydrogen-bond donors (Lipinski definition) is 0. The first-order valence-electron chi connectivity index (χ1n) is 5.97. The molecule has 0 fully saturated rings. The zero-order valence-electron chi connectivity index (χ0n) is 11.3. The molecule has 2 nitrogen and oxygen atoms in total. The molecule has 0 radical (unpaired) electrons. The molecule has 0 unspecified atom stereocenters. The predicted octanol–water partition coefficient (Wildman–Crippen LogP) is 3.98. The van der Waals surface area contributed by atoms with Gasteiger partial charge in [0.05, 0.1) is 0 Å². The highest BCUT2D eigenvalue weighted by atomic mass is 79.9. The molecule has 18 heavy (non-hydrogen) atoms. The summed E-state index contributed by atoms with van der Waals surface area (Å²) in [6.45, 7) is 6.24. The van der Waals surface area contributed by atoms with E-state index in [9.17, 15) is 9.18 Å². The maximum atomic E-state index is 13.2. The van der Waals surface area contributed by atoms with Gasteiger partial charge in [-0.1, -0.05) is 36.7 Å². The highest BCUT2D eigenvalue weighted by Gasteiger charge is 2.28. The van der Waals surface area contributed by atoms with Crippen LogP contribution >= 0.6 is 15.9 Å². The van der Waals surface area contributed by atoms with Crippen molar-refractivity contribution in [1.29, 1.82) is 0 Å². The van der Waals surface area contributed by atoms with Gasteiger partial charge in [0.25, 0.3) is 0 Å². The predicted molar refractivity (Wildman–Crippen MR) is 74.6 cm³/mol. The molecule has 100 valence electrons. The molecule has 0 aliphatic heterocycles. The molecule has 0 aromatic heterocycles. The van der Waals surface area contributed by atoms with Crippen LogP contribution in [0, 0.1) is 11.2 Å². The lowest BCUT2D eigenvalue weighted by atomic mass is 9.88. The van der Waals surface area contributed by atoms with Crippen LogP contribution in [0.2, 0.25) is 0 Å². The van der Waals surface area contributed by atoms with Gasteiger partial charge in [-0.05, 0) is 30.2 Å². The van der Waals surface area contributed by atoms with Gasteiger partial charge in [0, 0.05) is 23.5 Å². The zero-order chi connectivity index (χ0) is 13.9. The molecular formula is C14H19BrFNO. The van der Waals surface area contributed by atoms with Crippen LogP contribution in [0.15, 0.2) is 22.7 Å². The summed E-state index contributed by atoms with van der Waals surface area (Å²) < 4.78 is 14.0. The Hall–Kier alpha value is -0.900. The summed E-state index contributed by atoms with van der Waals surface area (Å²) in [6, 6.07) is 4.51. The Kier molecular flexibility index (Phi) is 4.91. The van der Waals surface area contributed by atoms with E-state index >= 15 is 0 Å². The second-order valence-corrected chi connectivity index (χ2v) is 5.99. The van der Waals surface area contributed by atoms with Gasteiger partial charge in [-0.3, -0.25) is 4.79 Å². The average molecular weight is 316 g/mol. The van der Waals surface area contributed by atoms with E-state index in [-0.39, 0.29) is 17.1 Å². The van der Waals surface area contributed by atoms with Crippen molar-refractivity contribution in [3.63, 3.8) is 0 Å². The Morgan fingerprint density at radius 1 is 1.44 bits per heavy atom. The Labute approximate surface area is 116 Å². The Morgan fingerprint density at radius 3 is 2.61 bits per heavy atom. The number of amides is 1. The van der Waals surface area contributed by atoms with Crippen LogP contribution < -0.4 is 0 Å². The van der Waals surface area contributed by atoms with E-state index in [2.05, 4.69) is 15.9 Å². The smallest absolute Gasteiger partial charge is 0.228 e. The summed E-state index contributed by atoms with van der Waals surface area (Å²) in [6.07, 6.45) is 0.778. The van der Waals surface area contributed by atoms with Gasteiger partial charge < -0.3 is 4.90 Å². The van der Waals surface area contributed by atoms with E-state index in [1.807, 2.05) is 20.8 Å². The van der Waals surface area contributed by atoms with Crippen molar-refractivity contribution in [2.45, 2.75) is 33.7 Å². The minimum atomic E-state index is -0.380. The summed E-state index contributed by atoms with van der Waals surface area (Å²) in [7, 11) is 1.75. The highest BCUT2D eigenvalue weighted by Crippen LogP contribution is 2.25. The van der Waals surface area contributed by atoms with E-state index in [1.54, 1.807) is 18.0 Å². The number of benzene rings is 1. The van der Waals surface area contributed by atoms with Gasteiger partial charge >= 0.3 is 0 Å². The van der Waals surface area contributed by atoms with Crippen molar-refractivity contribution < 1.29 is 9.18 Å². The lowest BCUT2D eigenvalue weighted by Crippen LogP contribution is -2.37. The lowest BCUT2D eigenvalue weighted by Gasteiger charge is -2.28. The van der Waals surface area contributed by atoms with Crippen molar-refractivity contribution >= 4 is 21.8 Å². The summed E-state index contributed by atoms with van der Waals surface area (Å²) in [5, 5.41) is 0. The number of halogens is 2. The minimum Gasteiger partial charge on any atom is -0.341 e. The van der Waals surface area contributed by atoms with E-state index in [0.717, 1.165) is 16.5 Å². The van der Waals surface area contributed by atoms with Gasteiger partial charge in [-0.2, -0.15) is 0 Å². The average Bonchev–Trinajstić information content (AvgIpc) is 2.32. The Bertz CT molecular complexity index is 445. The van der Waals surface area contributed by atoms with E-state index in [0.29, 0.717) is 6.54 Å². The van der Waals surface area contributed by atoms with Gasteiger partial charge in [0.15, 0.2) is 0 Å². The first-order chi connectivity index (χ1) is 8.27. The highest BCUT2D eigenvalue weighted by molar-refractivity contribution is 9.10. The third kappa shape index (κ3) is 3.55. The Balaban J connectivity index is 2.85. The first kappa shape index (κ1) is 15.2. The normalized spacial score (nSPS) is 11.4. The number of carbonyl (C=O) groups excluding carboxylic acids is 1. The number of rotatable bonds is 4. The van der Waals surface area contributed by atoms with Crippen LogP contribution in [0.1, 0.15) is 32.8 Å². The van der Waals surface area contributed by atoms with Crippen LogP contribution in [-0.4, -0.2) is 17.9 Å². The van der Waals surface area contributed by atoms with Gasteiger partial charge in [-0.15, -0.1) is 0 Å². The monoisotopic (exact) mass is 315 g/mol. The van der Waals surface area contributed by atoms with E-state index < -0.39 is 0 Å². The molecule has 0 heterocycles. The molecule has 0 aliphatic rings. The number of carbonyl (C=O) groups is 1. The Morgan fingerprint density at radius 2 is 2.06 bits per heavy atom. The van der Waals surface area contributed by atoms with Gasteiger partial charge in [0.2, 0.25) is 5.91 Å². The third-order valence-corrected chi connectivity index (χ3v) is 4.00. The number of hydrogen-bond acceptors (Lipinski definition) is 1. The maximum absolute atomic E-state index is 13.2. The summed E-state index contributed by atoms with van der Waals surface area (Å²) in [5.74, 6) is -0.218. The van der Waals surface area contributed by atoms with Crippen molar-refractivity contribution in [1.82, 2.24) is 4.90 Å². The molecule has 0 aliphatic carbocycles. The largest absolute Gasteiger partial charge is 0.341 e. The van der Waals surface area contributed by atoms with Crippen molar-refractivity contribution in [3.8, 4) is 0 Å². The SMILES string of the molecule is CCC(C)(C)C(=O)N(C)Cc1cc(F)ccc1Br. The molecule has 1 amide bonds. The zero-order valence-corrected chi connectivity index (χ0v) is 12.8. The van der Waals surface area contributed by atoms with E-state index in [4.69, 9.17) is 0 Å². The van der Waals surface area contributed by atoms with E-state index in [1.165, 1.54) is 12.1 Å². The quantitative estimate of drug-likeness (QED) is 0.823. The summed E-state index contributed by atoms with van der Waals surface area (Å²) in [4.78, 5) is 13.9. The molecule has 0 atom stereocenters. The van der Waals surface area contributed by atoms with Crippen molar-refractivity contribution in [2.75, 3.05) is 7.05 Å². The second kappa shape index (κ2) is 5.83. The molecule has 0 bridgehead atoms. The summed E-state index contributed by atoms with van der Waals surface area (Å²) >= 11 is 3.37. The molecule has 0 saturated heterocycles. The molecule has 1 rings (SSSR count). The maximum Gasteiger partial charge on any atom is 0.228 e. The molecular weight excluding hydrogens is 297 g/mol. The number of nitrogens with zero attached hydrogens (tertiary/aromatic N) is 1. The van der Waals surface area contributed by atoms with Crippen LogP contribution in [-0.2, 0) is 11.3 Å². The standard InChI is InChI=1S/C14H19BrFNO/c1-5-14(2,3)13(18)17(4)9-10-8-11(16)6-7-12(10)15/h6-8H,5,9H2,1-4H3. The summed E-state index contributed by atoms with van der Waals surface area (Å²) in [5.41, 5.74) is 0.395. The molecule has 4 heteroatoms. The van der Waals surface area contributed by atoms with Crippen LogP contribution in [0.3, 0.4) is 0 Å². The third-order valence-electron chi connectivity index (χ3n) is 3.22. The van der Waals surface area contributed by atoms with Gasteiger partial charge in [0.1, 0.15) is 5.82 Å². The molecule has 1 aromatic carbocycles. The molecule has 0 saturated carbocycles. The van der Waals surface area contributed by atoms with Crippen molar-refractivity contribution in [3.05, 3.63) is 34.1 Å². The fourth-order valence-electron chi connectivity index (χ4n) is 1.66. The van der Waals surface area contributed by atoms with Crippen LogP contribution in [0.4, 0.5) is 4.39 Å². The lowest BCUT2D eigenvalue weighted by molar-refractivity contribution is -0.139. The second-order valence-electron chi connectivity index (χ2n) is 5.13. The fraction of sp³-hybridized carbons (Fsp3) is 0.500.